The van der Waals surface area contributed by atoms with Crippen LogP contribution in [0.15, 0.2) is 42.9 Å². The first-order valence-corrected chi connectivity index (χ1v) is 10.0. The van der Waals surface area contributed by atoms with Crippen molar-refractivity contribution in [1.82, 2.24) is 29.7 Å². The maximum Gasteiger partial charge on any atom is 0.222 e. The van der Waals surface area contributed by atoms with E-state index >= 15 is 0 Å². The van der Waals surface area contributed by atoms with Gasteiger partial charge < -0.3 is 10.1 Å². The minimum atomic E-state index is 0.257. The number of aromatic nitrogens is 6. The molecule has 0 saturated carbocycles. The third-order valence-electron chi connectivity index (χ3n) is 4.75. The minimum absolute atomic E-state index is 0.257. The summed E-state index contributed by atoms with van der Waals surface area (Å²) in [7, 11) is 1.92. The Morgan fingerprint density at radius 1 is 1.10 bits per heavy atom. The molecule has 30 heavy (non-hydrogen) atoms. The molecule has 0 aliphatic rings. The van der Waals surface area contributed by atoms with Crippen LogP contribution in [0, 0.1) is 0 Å². The number of aryl methyl sites for hydroxylation is 1. The van der Waals surface area contributed by atoms with Crippen molar-refractivity contribution in [3.05, 3.63) is 54.4 Å². The lowest BCUT2D eigenvalue weighted by atomic mass is 10.0. The van der Waals surface area contributed by atoms with Crippen LogP contribution in [-0.4, -0.2) is 36.3 Å². The second-order valence-electron chi connectivity index (χ2n) is 7.22. The molecule has 1 N–H and O–H groups in total. The fraction of sp³-hybridized carbons (Fsp3) is 0.318. The van der Waals surface area contributed by atoms with E-state index in [4.69, 9.17) is 14.8 Å². The summed E-state index contributed by atoms with van der Waals surface area (Å²) >= 11 is 0. The maximum absolute atomic E-state index is 5.73. The lowest BCUT2D eigenvalue weighted by molar-refractivity contribution is 0.328. The summed E-state index contributed by atoms with van der Waals surface area (Å²) in [5, 5.41) is 9.24. The van der Waals surface area contributed by atoms with Crippen LogP contribution in [0.5, 0.6) is 5.88 Å². The second kappa shape index (κ2) is 8.44. The summed E-state index contributed by atoms with van der Waals surface area (Å²) in [6.07, 6.45) is 5.20. The third-order valence-corrected chi connectivity index (χ3v) is 4.75. The highest BCUT2D eigenvalue weighted by Gasteiger charge is 2.20. The van der Waals surface area contributed by atoms with Crippen molar-refractivity contribution in [2.24, 2.45) is 7.05 Å². The van der Waals surface area contributed by atoms with Crippen molar-refractivity contribution in [3.8, 4) is 17.1 Å². The molecule has 154 valence electrons. The maximum atomic E-state index is 5.73. The number of nitrogens with zero attached hydrogens (tertiary/aromatic N) is 6. The summed E-state index contributed by atoms with van der Waals surface area (Å²) < 4.78 is 7.56. The number of fused-ring (bicyclic) bond motifs is 1. The third kappa shape index (κ3) is 3.80. The quantitative estimate of drug-likeness (QED) is 0.499. The number of nitrogens with one attached hydrogen (secondary N) is 1. The standard InChI is InChI=1S/C22H25N7O/c1-5-30-22-15(8-6-9-25-22)16-12-17(26-13-18-23-10-7-11-24-18)19-20(14(2)3)28-29(4)21(19)27-16/h6-12,14H,5,13H2,1-4H3,(H,26,27). The van der Waals surface area contributed by atoms with E-state index in [1.54, 1.807) is 18.6 Å². The summed E-state index contributed by atoms with van der Waals surface area (Å²) in [6, 6.07) is 7.69. The Kier molecular flexibility index (Phi) is 5.56. The Morgan fingerprint density at radius 3 is 2.60 bits per heavy atom. The van der Waals surface area contributed by atoms with E-state index in [0.717, 1.165) is 39.5 Å². The van der Waals surface area contributed by atoms with Crippen LogP contribution < -0.4 is 10.1 Å². The molecule has 0 saturated heterocycles. The van der Waals surface area contributed by atoms with Crippen LogP contribution in [0.3, 0.4) is 0 Å². The van der Waals surface area contributed by atoms with Crippen molar-refractivity contribution >= 4 is 16.7 Å². The van der Waals surface area contributed by atoms with Crippen molar-refractivity contribution in [3.63, 3.8) is 0 Å². The Labute approximate surface area is 175 Å². The second-order valence-corrected chi connectivity index (χ2v) is 7.22. The van der Waals surface area contributed by atoms with Crippen molar-refractivity contribution in [2.75, 3.05) is 11.9 Å². The van der Waals surface area contributed by atoms with E-state index in [1.807, 2.05) is 42.9 Å². The van der Waals surface area contributed by atoms with E-state index in [2.05, 4.69) is 34.1 Å². The molecule has 4 aromatic rings. The molecule has 4 rings (SSSR count). The van der Waals surface area contributed by atoms with E-state index in [9.17, 15) is 0 Å². The number of anilines is 1. The average molecular weight is 403 g/mol. The first-order valence-electron chi connectivity index (χ1n) is 10.0. The minimum Gasteiger partial charge on any atom is -0.477 e. The molecule has 8 heteroatoms. The first-order chi connectivity index (χ1) is 14.6. The highest BCUT2D eigenvalue weighted by molar-refractivity contribution is 5.94. The lowest BCUT2D eigenvalue weighted by Crippen LogP contribution is -2.06. The van der Waals surface area contributed by atoms with Crippen LogP contribution in [-0.2, 0) is 13.6 Å². The normalized spacial score (nSPS) is 11.2. The first kappa shape index (κ1) is 19.8. The van der Waals surface area contributed by atoms with E-state index in [-0.39, 0.29) is 5.92 Å². The van der Waals surface area contributed by atoms with Gasteiger partial charge in [-0.15, -0.1) is 0 Å². The number of rotatable bonds is 7. The molecule has 0 aromatic carbocycles. The molecule has 0 atom stereocenters. The van der Waals surface area contributed by atoms with Gasteiger partial charge in [0.05, 0.1) is 35.5 Å². The molecule has 0 unspecified atom stereocenters. The number of hydrogen-bond acceptors (Lipinski definition) is 7. The SMILES string of the molecule is CCOc1ncccc1-c1cc(NCc2ncccn2)c2c(C(C)C)nn(C)c2n1. The zero-order valence-electron chi connectivity index (χ0n) is 17.6. The van der Waals surface area contributed by atoms with Crippen molar-refractivity contribution in [2.45, 2.75) is 33.2 Å². The predicted molar refractivity (Wildman–Crippen MR) is 116 cm³/mol. The number of pyridine rings is 2. The Bertz CT molecular complexity index is 1160. The lowest BCUT2D eigenvalue weighted by Gasteiger charge is -2.13. The van der Waals surface area contributed by atoms with Gasteiger partial charge >= 0.3 is 0 Å². The summed E-state index contributed by atoms with van der Waals surface area (Å²) in [5.74, 6) is 1.54. The van der Waals surface area contributed by atoms with Gasteiger partial charge in [-0.3, -0.25) is 4.68 Å². The number of hydrogen-bond donors (Lipinski definition) is 1. The molecule has 8 nitrogen and oxygen atoms in total. The smallest absolute Gasteiger partial charge is 0.222 e. The van der Waals surface area contributed by atoms with E-state index in [0.29, 0.717) is 19.0 Å². The van der Waals surface area contributed by atoms with Crippen LogP contribution in [0.1, 0.15) is 38.2 Å². The average Bonchev–Trinajstić information content (AvgIpc) is 3.10. The molecule has 4 heterocycles. The summed E-state index contributed by atoms with van der Waals surface area (Å²) in [4.78, 5) is 17.9. The fourth-order valence-corrected chi connectivity index (χ4v) is 3.39. The fourth-order valence-electron chi connectivity index (χ4n) is 3.39. The van der Waals surface area contributed by atoms with Crippen molar-refractivity contribution < 1.29 is 4.74 Å². The molecule has 0 aliphatic carbocycles. The van der Waals surface area contributed by atoms with Crippen LogP contribution in [0.2, 0.25) is 0 Å². The van der Waals surface area contributed by atoms with Gasteiger partial charge in [0.2, 0.25) is 5.88 Å². The largest absolute Gasteiger partial charge is 0.477 e. The van der Waals surface area contributed by atoms with E-state index in [1.165, 1.54) is 0 Å². The summed E-state index contributed by atoms with van der Waals surface area (Å²) in [6.45, 7) is 7.24. The van der Waals surface area contributed by atoms with Gasteiger partial charge in [-0.05, 0) is 37.1 Å². The molecular weight excluding hydrogens is 378 g/mol. The van der Waals surface area contributed by atoms with Crippen LogP contribution in [0.25, 0.3) is 22.3 Å². The van der Waals surface area contributed by atoms with Crippen LogP contribution >= 0.6 is 0 Å². The molecule has 0 fully saturated rings. The molecule has 0 amide bonds. The van der Waals surface area contributed by atoms with Gasteiger partial charge in [0.15, 0.2) is 5.65 Å². The van der Waals surface area contributed by atoms with Crippen molar-refractivity contribution in [1.29, 1.82) is 0 Å². The number of ether oxygens (including phenoxy) is 1. The summed E-state index contributed by atoms with van der Waals surface area (Å²) in [5.41, 5.74) is 4.35. The highest BCUT2D eigenvalue weighted by Crippen LogP contribution is 2.35. The van der Waals surface area contributed by atoms with Gasteiger partial charge in [-0.1, -0.05) is 13.8 Å². The Morgan fingerprint density at radius 2 is 1.87 bits per heavy atom. The monoisotopic (exact) mass is 403 g/mol. The Balaban J connectivity index is 1.86. The van der Waals surface area contributed by atoms with Gasteiger partial charge in [0, 0.05) is 31.3 Å². The van der Waals surface area contributed by atoms with Gasteiger partial charge in [-0.2, -0.15) is 5.10 Å². The topological polar surface area (TPSA) is 90.6 Å². The van der Waals surface area contributed by atoms with E-state index < -0.39 is 0 Å². The zero-order chi connectivity index (χ0) is 21.1. The highest BCUT2D eigenvalue weighted by atomic mass is 16.5. The molecule has 0 radical (unpaired) electrons. The zero-order valence-corrected chi connectivity index (χ0v) is 17.6. The van der Waals surface area contributed by atoms with Gasteiger partial charge in [-0.25, -0.2) is 19.9 Å². The van der Waals surface area contributed by atoms with Crippen LogP contribution in [0.4, 0.5) is 5.69 Å². The molecule has 0 spiro atoms. The van der Waals surface area contributed by atoms with Gasteiger partial charge in [0.25, 0.3) is 0 Å². The molecule has 0 aliphatic heterocycles. The molecule has 0 bridgehead atoms. The Hall–Kier alpha value is -3.55. The van der Waals surface area contributed by atoms with Gasteiger partial charge in [0.1, 0.15) is 5.82 Å². The predicted octanol–water partition coefficient (Wildman–Crippen LogP) is 3.95. The molecule has 4 aromatic heterocycles. The molecular formula is C22H25N7O.